The lowest BCUT2D eigenvalue weighted by atomic mass is 9.68. The largest absolute Gasteiger partial charge is 0.550 e. The third kappa shape index (κ3) is 3.21. The van der Waals surface area contributed by atoms with Gasteiger partial charge >= 0.3 is 0 Å². The number of rotatable bonds is 4. The predicted octanol–water partition coefficient (Wildman–Crippen LogP) is 2.21. The van der Waals surface area contributed by atoms with E-state index in [-0.39, 0.29) is 17.9 Å². The number of aryl methyl sites for hydroxylation is 1. The fraction of sp³-hybridized carbons (Fsp3) is 0.588. The zero-order valence-corrected chi connectivity index (χ0v) is 12.5. The summed E-state index contributed by atoms with van der Waals surface area (Å²) in [7, 11) is 0. The molecule has 0 aliphatic carbocycles. The van der Waals surface area contributed by atoms with Gasteiger partial charge < -0.3 is 14.6 Å². The molecule has 2 rings (SSSR count). The summed E-state index contributed by atoms with van der Waals surface area (Å²) in [6, 6.07) is 8.21. The molecule has 1 saturated heterocycles. The van der Waals surface area contributed by atoms with Gasteiger partial charge in [0.25, 0.3) is 0 Å². The topological polar surface area (TPSA) is 49.4 Å². The molecule has 0 aromatic heterocycles. The summed E-state index contributed by atoms with van der Waals surface area (Å²) in [5, 5.41) is 11.2. The fourth-order valence-corrected chi connectivity index (χ4v) is 3.09. The lowest BCUT2D eigenvalue weighted by Gasteiger charge is -2.43. The third-order valence-electron chi connectivity index (χ3n) is 4.39. The molecular weight excluding hydrogens is 252 g/mol. The Balaban J connectivity index is 2.34. The van der Waals surface area contributed by atoms with Crippen molar-refractivity contribution in [1.29, 1.82) is 0 Å². The summed E-state index contributed by atoms with van der Waals surface area (Å²) in [6.07, 6.45) is 1.68. The molecule has 0 saturated carbocycles. The van der Waals surface area contributed by atoms with Crippen molar-refractivity contribution in [3.63, 3.8) is 0 Å². The van der Waals surface area contributed by atoms with Gasteiger partial charge in [-0.25, -0.2) is 0 Å². The highest BCUT2D eigenvalue weighted by Gasteiger charge is 2.39. The molecule has 0 N–H and O–H groups in total. The molecular formula is C17H23O3-. The summed E-state index contributed by atoms with van der Waals surface area (Å²) in [5.74, 6) is -0.586. The van der Waals surface area contributed by atoms with Crippen LogP contribution in [0.1, 0.15) is 44.2 Å². The monoisotopic (exact) mass is 275 g/mol. The smallest absolute Gasteiger partial charge is 0.0606 e. The van der Waals surface area contributed by atoms with E-state index in [0.717, 1.165) is 18.4 Å². The molecule has 3 nitrogen and oxygen atoms in total. The number of carboxylic acids is 1. The number of hydrogen-bond donors (Lipinski definition) is 0. The third-order valence-corrected chi connectivity index (χ3v) is 4.39. The number of aliphatic carboxylic acids is 1. The van der Waals surface area contributed by atoms with Crippen LogP contribution in [0.15, 0.2) is 24.3 Å². The van der Waals surface area contributed by atoms with Gasteiger partial charge in [0, 0.05) is 18.0 Å². The summed E-state index contributed by atoms with van der Waals surface area (Å²) < 4.78 is 5.81. The molecule has 1 aromatic carbocycles. The Bertz CT molecular complexity index is 464. The maximum absolute atomic E-state index is 11.2. The normalized spacial score (nSPS) is 26.7. The first-order valence-corrected chi connectivity index (χ1v) is 7.31. The Hall–Kier alpha value is -1.35. The molecule has 2 atom stereocenters. The zero-order chi connectivity index (χ0) is 14.8. The number of carbonyl (C=O) groups is 1. The van der Waals surface area contributed by atoms with Crippen molar-refractivity contribution in [2.45, 2.75) is 51.6 Å². The van der Waals surface area contributed by atoms with Gasteiger partial charge in [0.05, 0.1) is 6.10 Å². The Morgan fingerprint density at radius 3 is 2.60 bits per heavy atom. The van der Waals surface area contributed by atoms with E-state index in [1.54, 1.807) is 0 Å². The van der Waals surface area contributed by atoms with Crippen LogP contribution in [-0.4, -0.2) is 18.7 Å². The second kappa shape index (κ2) is 5.96. The average Bonchev–Trinajstić information content (AvgIpc) is 2.38. The minimum absolute atomic E-state index is 0.0721. The summed E-state index contributed by atoms with van der Waals surface area (Å²) in [5.41, 5.74) is 1.94. The predicted molar refractivity (Wildman–Crippen MR) is 76.3 cm³/mol. The second-order valence-electron chi connectivity index (χ2n) is 6.30. The minimum atomic E-state index is -0.977. The van der Waals surface area contributed by atoms with Crippen LogP contribution in [0.4, 0.5) is 0 Å². The van der Waals surface area contributed by atoms with E-state index < -0.39 is 5.97 Å². The lowest BCUT2D eigenvalue weighted by Crippen LogP contribution is -2.44. The maximum atomic E-state index is 11.2. The van der Waals surface area contributed by atoms with Crippen LogP contribution in [0.3, 0.4) is 0 Å². The summed E-state index contributed by atoms with van der Waals surface area (Å²) >= 11 is 0. The van der Waals surface area contributed by atoms with Gasteiger partial charge in [0.2, 0.25) is 0 Å². The van der Waals surface area contributed by atoms with Crippen molar-refractivity contribution in [2.75, 3.05) is 6.61 Å². The summed E-state index contributed by atoms with van der Waals surface area (Å²) in [4.78, 5) is 11.2. The fourth-order valence-electron chi connectivity index (χ4n) is 3.09. The molecule has 0 bridgehead atoms. The van der Waals surface area contributed by atoms with E-state index in [4.69, 9.17) is 4.74 Å². The van der Waals surface area contributed by atoms with Crippen molar-refractivity contribution in [1.82, 2.24) is 0 Å². The van der Waals surface area contributed by atoms with Crippen LogP contribution in [0.5, 0.6) is 0 Å². The van der Waals surface area contributed by atoms with Crippen molar-refractivity contribution < 1.29 is 14.6 Å². The Morgan fingerprint density at radius 2 is 2.05 bits per heavy atom. The molecule has 1 aromatic rings. The average molecular weight is 275 g/mol. The molecule has 0 unspecified atom stereocenters. The highest BCUT2D eigenvalue weighted by Crippen LogP contribution is 2.41. The standard InChI is InChI=1S/C17H24O3/c1-12(2)15-10-17(8-9-20-15,11-16(18)19)14-6-4-13(3)5-7-14/h4-7,12,15H,8-11H2,1-3H3,(H,18,19)/p-1/t15-,17+/m0/s1. The molecule has 110 valence electrons. The van der Waals surface area contributed by atoms with Crippen LogP contribution >= 0.6 is 0 Å². The van der Waals surface area contributed by atoms with Gasteiger partial charge in [-0.3, -0.25) is 0 Å². The first kappa shape index (κ1) is 15.0. The van der Waals surface area contributed by atoms with Crippen LogP contribution in [0, 0.1) is 12.8 Å². The number of carbonyl (C=O) groups excluding carboxylic acids is 1. The lowest BCUT2D eigenvalue weighted by molar-refractivity contribution is -0.307. The van der Waals surface area contributed by atoms with Gasteiger partial charge in [-0.05, 0) is 37.7 Å². The number of hydrogen-bond acceptors (Lipinski definition) is 3. The van der Waals surface area contributed by atoms with Gasteiger partial charge in [-0.2, -0.15) is 0 Å². The molecule has 1 aliphatic heterocycles. The van der Waals surface area contributed by atoms with Gasteiger partial charge in [0.15, 0.2) is 0 Å². The zero-order valence-electron chi connectivity index (χ0n) is 12.5. The van der Waals surface area contributed by atoms with E-state index in [0.29, 0.717) is 12.5 Å². The highest BCUT2D eigenvalue weighted by molar-refractivity contribution is 5.67. The van der Waals surface area contributed by atoms with Crippen LogP contribution in [0.25, 0.3) is 0 Å². The van der Waals surface area contributed by atoms with E-state index >= 15 is 0 Å². The first-order chi connectivity index (χ1) is 9.43. The molecule has 0 amide bonds. The molecule has 1 fully saturated rings. The molecule has 0 radical (unpaired) electrons. The van der Waals surface area contributed by atoms with E-state index in [1.165, 1.54) is 5.56 Å². The van der Waals surface area contributed by atoms with Crippen molar-refractivity contribution in [2.24, 2.45) is 5.92 Å². The Labute approximate surface area is 121 Å². The van der Waals surface area contributed by atoms with Crippen LogP contribution in [0.2, 0.25) is 0 Å². The molecule has 20 heavy (non-hydrogen) atoms. The van der Waals surface area contributed by atoms with Gasteiger partial charge in [0.1, 0.15) is 0 Å². The quantitative estimate of drug-likeness (QED) is 0.846. The number of carboxylic acid groups (broad SMARTS) is 1. The highest BCUT2D eigenvalue weighted by atomic mass is 16.5. The molecule has 0 spiro atoms. The van der Waals surface area contributed by atoms with Crippen molar-refractivity contribution in [3.8, 4) is 0 Å². The van der Waals surface area contributed by atoms with Crippen LogP contribution < -0.4 is 5.11 Å². The first-order valence-electron chi connectivity index (χ1n) is 7.31. The minimum Gasteiger partial charge on any atom is -0.550 e. The molecule has 1 heterocycles. The number of ether oxygens (including phenoxy) is 1. The van der Waals surface area contributed by atoms with Gasteiger partial charge in [-0.15, -0.1) is 0 Å². The molecule has 1 aliphatic rings. The maximum Gasteiger partial charge on any atom is 0.0606 e. The Morgan fingerprint density at radius 1 is 1.40 bits per heavy atom. The Kier molecular flexibility index (Phi) is 4.48. The SMILES string of the molecule is Cc1ccc([C@]2(CC(=O)[O-])CCO[C@H](C(C)C)C2)cc1. The van der Waals surface area contributed by atoms with Crippen LogP contribution in [-0.2, 0) is 14.9 Å². The second-order valence-corrected chi connectivity index (χ2v) is 6.30. The van der Waals surface area contributed by atoms with Gasteiger partial charge in [-0.1, -0.05) is 43.7 Å². The van der Waals surface area contributed by atoms with Crippen molar-refractivity contribution >= 4 is 5.97 Å². The number of benzene rings is 1. The van der Waals surface area contributed by atoms with E-state index in [9.17, 15) is 9.90 Å². The molecule has 3 heteroatoms. The van der Waals surface area contributed by atoms with Crippen molar-refractivity contribution in [3.05, 3.63) is 35.4 Å². The summed E-state index contributed by atoms with van der Waals surface area (Å²) in [6.45, 7) is 6.89. The van der Waals surface area contributed by atoms with E-state index in [1.807, 2.05) is 19.1 Å². The van der Waals surface area contributed by atoms with E-state index in [2.05, 4.69) is 26.0 Å².